The lowest BCUT2D eigenvalue weighted by Crippen LogP contribution is -2.37. The summed E-state index contributed by atoms with van der Waals surface area (Å²) in [7, 11) is 0. The van der Waals surface area contributed by atoms with Gasteiger partial charge in [-0.2, -0.15) is 5.26 Å². The average Bonchev–Trinajstić information content (AvgIpc) is 2.98. The number of benzene rings is 1. The second-order valence-corrected chi connectivity index (χ2v) is 4.79. The number of amides is 1. The summed E-state index contributed by atoms with van der Waals surface area (Å²) in [6, 6.07) is 5.53. The highest BCUT2D eigenvalue weighted by molar-refractivity contribution is 5.93. The van der Waals surface area contributed by atoms with Crippen molar-refractivity contribution in [2.24, 2.45) is 0 Å². The first-order chi connectivity index (χ1) is 10.4. The summed E-state index contributed by atoms with van der Waals surface area (Å²) in [5, 5.41) is 21.3. The van der Waals surface area contributed by atoms with Crippen molar-refractivity contribution in [3.8, 4) is 6.07 Å². The van der Waals surface area contributed by atoms with E-state index in [0.717, 1.165) is 12.1 Å². The third-order valence-electron chi connectivity index (χ3n) is 3.17. The summed E-state index contributed by atoms with van der Waals surface area (Å²) in [6.45, 7) is 1.53. The Morgan fingerprint density at radius 3 is 2.68 bits per heavy atom. The molecule has 0 spiro atoms. The van der Waals surface area contributed by atoms with Gasteiger partial charge in [0.25, 0.3) is 5.91 Å². The van der Waals surface area contributed by atoms with Crippen LogP contribution in [0, 0.1) is 23.0 Å². The Morgan fingerprint density at radius 2 is 2.09 bits per heavy atom. The van der Waals surface area contributed by atoms with Gasteiger partial charge in [0, 0.05) is 6.20 Å². The van der Waals surface area contributed by atoms with Crippen molar-refractivity contribution in [3.05, 3.63) is 58.9 Å². The lowest BCUT2D eigenvalue weighted by molar-refractivity contribution is 0.0847. The van der Waals surface area contributed by atoms with Crippen molar-refractivity contribution in [1.82, 2.24) is 10.3 Å². The number of nitriles is 1. The van der Waals surface area contributed by atoms with Crippen molar-refractivity contribution in [1.29, 1.82) is 5.26 Å². The molecule has 2 atom stereocenters. The number of aromatic nitrogens is 1. The molecule has 2 unspecified atom stereocenters. The molecule has 0 saturated carbocycles. The van der Waals surface area contributed by atoms with E-state index in [2.05, 4.69) is 10.3 Å². The van der Waals surface area contributed by atoms with Crippen LogP contribution in [0.25, 0.3) is 0 Å². The predicted molar refractivity (Wildman–Crippen MR) is 73.8 cm³/mol. The maximum absolute atomic E-state index is 13.2. The maximum atomic E-state index is 13.2. The van der Waals surface area contributed by atoms with Crippen molar-refractivity contribution >= 4 is 5.91 Å². The quantitative estimate of drug-likeness (QED) is 0.807. The van der Waals surface area contributed by atoms with E-state index in [1.165, 1.54) is 25.3 Å². The van der Waals surface area contributed by atoms with Crippen molar-refractivity contribution < 1.29 is 18.7 Å². The van der Waals surface area contributed by atoms with Crippen LogP contribution in [0.3, 0.4) is 0 Å². The fraction of sp³-hybridized carbons (Fsp3) is 0.200. The molecule has 1 amide bonds. The number of aromatic amines is 1. The van der Waals surface area contributed by atoms with Crippen molar-refractivity contribution in [2.75, 3.05) is 0 Å². The molecule has 7 heteroatoms. The second-order valence-electron chi connectivity index (χ2n) is 4.79. The Balaban J connectivity index is 2.07. The van der Waals surface area contributed by atoms with Crippen LogP contribution >= 0.6 is 0 Å². The SMILES string of the molecule is CC(NC(=O)c1cc(C#N)c[nH]1)C(O)c1ccc(F)c(F)c1. The standard InChI is InChI=1S/C15H13F2N3O2/c1-8(14(21)10-2-3-11(16)12(17)5-10)20-15(22)13-4-9(6-18)7-19-13/h2-5,7-8,14,19,21H,1H3,(H,20,22). The van der Waals surface area contributed by atoms with Gasteiger partial charge in [0.05, 0.1) is 17.7 Å². The molecule has 0 radical (unpaired) electrons. The monoisotopic (exact) mass is 305 g/mol. The number of carbonyl (C=O) groups excluding carboxylic acids is 1. The third-order valence-corrected chi connectivity index (χ3v) is 3.17. The third kappa shape index (κ3) is 3.30. The van der Waals surface area contributed by atoms with Crippen LogP contribution in [0.2, 0.25) is 0 Å². The van der Waals surface area contributed by atoms with Gasteiger partial charge >= 0.3 is 0 Å². The normalized spacial score (nSPS) is 13.2. The molecular weight excluding hydrogens is 292 g/mol. The maximum Gasteiger partial charge on any atom is 0.268 e. The van der Waals surface area contributed by atoms with Crippen molar-refractivity contribution in [3.63, 3.8) is 0 Å². The van der Waals surface area contributed by atoms with Gasteiger partial charge in [-0.3, -0.25) is 4.79 Å². The first-order valence-electron chi connectivity index (χ1n) is 6.44. The molecule has 0 aliphatic carbocycles. The number of hydrogen-bond acceptors (Lipinski definition) is 3. The highest BCUT2D eigenvalue weighted by Gasteiger charge is 2.21. The average molecular weight is 305 g/mol. The van der Waals surface area contributed by atoms with E-state index in [1.54, 1.807) is 0 Å². The Kier molecular flexibility index (Phi) is 4.53. The van der Waals surface area contributed by atoms with Crippen LogP contribution in [-0.4, -0.2) is 22.0 Å². The molecular formula is C15H13F2N3O2. The predicted octanol–water partition coefficient (Wildman–Crippen LogP) is 2.02. The summed E-state index contributed by atoms with van der Waals surface area (Å²) in [5.41, 5.74) is 0.621. The number of aliphatic hydroxyl groups excluding tert-OH is 1. The summed E-state index contributed by atoms with van der Waals surface area (Å²) in [5.74, 6) is -2.60. The summed E-state index contributed by atoms with van der Waals surface area (Å²) < 4.78 is 26.0. The van der Waals surface area contributed by atoms with E-state index in [4.69, 9.17) is 5.26 Å². The Labute approximate surface area is 125 Å². The summed E-state index contributed by atoms with van der Waals surface area (Å²) >= 11 is 0. The lowest BCUT2D eigenvalue weighted by atomic mass is 10.0. The van der Waals surface area contributed by atoms with Crippen LogP contribution in [-0.2, 0) is 0 Å². The van der Waals surface area contributed by atoms with Gasteiger partial charge in [-0.05, 0) is 30.7 Å². The minimum absolute atomic E-state index is 0.149. The van der Waals surface area contributed by atoms with Gasteiger partial charge in [0.1, 0.15) is 11.8 Å². The van der Waals surface area contributed by atoms with Gasteiger partial charge in [-0.25, -0.2) is 8.78 Å². The number of H-pyrrole nitrogens is 1. The fourth-order valence-electron chi connectivity index (χ4n) is 1.94. The fourth-order valence-corrected chi connectivity index (χ4v) is 1.94. The molecule has 1 aromatic heterocycles. The van der Waals surface area contributed by atoms with Crippen LogP contribution in [0.5, 0.6) is 0 Å². The van der Waals surface area contributed by atoms with E-state index >= 15 is 0 Å². The molecule has 5 nitrogen and oxygen atoms in total. The van der Waals surface area contributed by atoms with Crippen LogP contribution in [0.4, 0.5) is 8.78 Å². The summed E-state index contributed by atoms with van der Waals surface area (Å²) in [6.07, 6.45) is 0.176. The molecule has 0 aliphatic rings. The highest BCUT2D eigenvalue weighted by atomic mass is 19.2. The first kappa shape index (κ1) is 15.7. The zero-order valence-electron chi connectivity index (χ0n) is 11.6. The van der Waals surface area contributed by atoms with E-state index in [-0.39, 0.29) is 11.3 Å². The van der Waals surface area contributed by atoms with Crippen LogP contribution in [0.15, 0.2) is 30.5 Å². The number of nitrogens with zero attached hydrogens (tertiary/aromatic N) is 1. The molecule has 114 valence electrons. The van der Waals surface area contributed by atoms with Gasteiger partial charge in [-0.15, -0.1) is 0 Å². The van der Waals surface area contributed by atoms with Crippen molar-refractivity contribution in [2.45, 2.75) is 19.1 Å². The number of rotatable bonds is 4. The van der Waals surface area contributed by atoms with Gasteiger partial charge < -0.3 is 15.4 Å². The van der Waals surface area contributed by atoms with E-state index in [9.17, 15) is 18.7 Å². The minimum atomic E-state index is -1.20. The molecule has 1 heterocycles. The van der Waals surface area contributed by atoms with E-state index in [0.29, 0.717) is 5.56 Å². The number of aliphatic hydroxyl groups is 1. The Bertz CT molecular complexity index is 737. The molecule has 3 N–H and O–H groups in total. The largest absolute Gasteiger partial charge is 0.386 e. The molecule has 2 rings (SSSR count). The molecule has 2 aromatic rings. The number of hydrogen-bond donors (Lipinski definition) is 3. The summed E-state index contributed by atoms with van der Waals surface area (Å²) in [4.78, 5) is 14.6. The zero-order valence-corrected chi connectivity index (χ0v) is 11.6. The molecule has 0 saturated heterocycles. The number of nitrogens with one attached hydrogen (secondary N) is 2. The van der Waals surface area contributed by atoms with Crippen LogP contribution < -0.4 is 5.32 Å². The molecule has 0 fully saturated rings. The first-order valence-corrected chi connectivity index (χ1v) is 6.44. The lowest BCUT2D eigenvalue weighted by Gasteiger charge is -2.20. The molecule has 0 aliphatic heterocycles. The second kappa shape index (κ2) is 6.37. The highest BCUT2D eigenvalue weighted by Crippen LogP contribution is 2.19. The Hall–Kier alpha value is -2.72. The topological polar surface area (TPSA) is 88.9 Å². The molecule has 0 bridgehead atoms. The van der Waals surface area contributed by atoms with Crippen LogP contribution in [0.1, 0.15) is 34.6 Å². The molecule has 22 heavy (non-hydrogen) atoms. The van der Waals surface area contributed by atoms with Gasteiger partial charge in [0.2, 0.25) is 0 Å². The van der Waals surface area contributed by atoms with Gasteiger partial charge in [-0.1, -0.05) is 6.07 Å². The van der Waals surface area contributed by atoms with E-state index < -0.39 is 29.7 Å². The van der Waals surface area contributed by atoms with E-state index in [1.807, 2.05) is 6.07 Å². The number of carbonyl (C=O) groups is 1. The van der Waals surface area contributed by atoms with Gasteiger partial charge in [0.15, 0.2) is 11.6 Å². The number of halogens is 2. The smallest absolute Gasteiger partial charge is 0.268 e. The zero-order chi connectivity index (χ0) is 16.3. The Morgan fingerprint density at radius 1 is 1.36 bits per heavy atom. The molecule has 1 aromatic carbocycles. The minimum Gasteiger partial charge on any atom is -0.386 e.